The Bertz CT molecular complexity index is 1380. The summed E-state index contributed by atoms with van der Waals surface area (Å²) >= 11 is 0. The van der Waals surface area contributed by atoms with E-state index in [1.165, 1.54) is 0 Å². The van der Waals surface area contributed by atoms with Crippen LogP contribution in [0.15, 0.2) is 24.8 Å². The number of nitrogens with one attached hydrogen (secondary N) is 1. The second kappa shape index (κ2) is 11.8. The molecule has 1 aliphatic carbocycles. The third-order valence-electron chi connectivity index (χ3n) is 7.08. The van der Waals surface area contributed by atoms with Crippen molar-refractivity contribution in [1.82, 2.24) is 34.8 Å². The predicted octanol–water partition coefficient (Wildman–Crippen LogP) is 1.69. The van der Waals surface area contributed by atoms with Gasteiger partial charge >= 0.3 is 6.01 Å². The van der Waals surface area contributed by atoms with Crippen molar-refractivity contribution in [2.75, 3.05) is 43.5 Å². The molecule has 2 aliphatic rings. The molecule has 0 radical (unpaired) electrons. The minimum atomic E-state index is -2.75. The van der Waals surface area contributed by atoms with E-state index in [9.17, 15) is 18.7 Å². The Morgan fingerprint density at radius 1 is 1.22 bits per heavy atom. The summed E-state index contributed by atoms with van der Waals surface area (Å²) in [5, 5.41) is 11.9. The number of hydrogen-bond acceptors (Lipinski definition) is 11. The summed E-state index contributed by atoms with van der Waals surface area (Å²) in [5.41, 5.74) is 7.62. The quantitative estimate of drug-likeness (QED) is 0.305. The average Bonchev–Trinajstić information content (AvgIpc) is 3.35. The Kier molecular flexibility index (Phi) is 8.15. The fraction of sp³-hybridized carbons (Fsp3) is 0.538. The number of ether oxygens (including phenoxy) is 2. The number of aromatic nitrogens is 6. The van der Waals surface area contributed by atoms with Crippen molar-refractivity contribution in [3.8, 4) is 23.0 Å². The number of carbonyl (C=O) groups excluding carboxylic acids is 1. The SMILES string of the molecule is C[C@H](CO)NC(=O)c1nc(OC[C@@H]2CC2(F)F)nc(N2CCC(COc3cc(-c4cn(C)cn4)cnc3N)CC2)n1. The van der Waals surface area contributed by atoms with Crippen molar-refractivity contribution >= 4 is 17.7 Å². The maximum Gasteiger partial charge on any atom is 0.321 e. The van der Waals surface area contributed by atoms with Gasteiger partial charge in [0.1, 0.15) is 6.61 Å². The number of hydrogen-bond donors (Lipinski definition) is 3. The van der Waals surface area contributed by atoms with Crippen molar-refractivity contribution < 1.29 is 28.2 Å². The molecular formula is C26H33F2N9O4. The minimum Gasteiger partial charge on any atom is -0.489 e. The number of aryl methyl sites for hydroxylation is 1. The summed E-state index contributed by atoms with van der Waals surface area (Å²) in [6.45, 7) is 2.65. The number of halogens is 2. The van der Waals surface area contributed by atoms with Crippen LogP contribution in [0.4, 0.5) is 20.5 Å². The summed E-state index contributed by atoms with van der Waals surface area (Å²) in [7, 11) is 1.89. The molecular weight excluding hydrogens is 540 g/mol. The minimum absolute atomic E-state index is 0.194. The Morgan fingerprint density at radius 3 is 2.63 bits per heavy atom. The van der Waals surface area contributed by atoms with Gasteiger partial charge in [0.05, 0.1) is 31.2 Å². The van der Waals surface area contributed by atoms with Gasteiger partial charge in [-0.25, -0.2) is 18.7 Å². The molecule has 4 heterocycles. The standard InChI is InChI=1S/C26H33F2N9O4/c1-15(11-38)32-23(39)22-33-24(35-25(34-22)41-13-18-8-26(18,27)28)37-5-3-16(4-6-37)12-40-20-7-17(9-30-21(20)29)19-10-36(2)14-31-19/h7,9-10,14-16,18,38H,3-6,8,11-13H2,1-2H3,(H2,29,30)(H,32,39)/t15-,18+/m1/s1. The van der Waals surface area contributed by atoms with Gasteiger partial charge in [-0.2, -0.15) is 15.0 Å². The first kappa shape index (κ1) is 28.4. The topological polar surface area (TPSA) is 166 Å². The van der Waals surface area contributed by atoms with E-state index in [-0.39, 0.29) is 43.3 Å². The van der Waals surface area contributed by atoms with E-state index in [1.54, 1.807) is 19.4 Å². The van der Waals surface area contributed by atoms with Gasteiger partial charge in [-0.3, -0.25) is 4.79 Å². The van der Waals surface area contributed by atoms with Crippen molar-refractivity contribution in [3.63, 3.8) is 0 Å². The molecule has 3 aromatic heterocycles. The number of carbonyl (C=O) groups is 1. The lowest BCUT2D eigenvalue weighted by Crippen LogP contribution is -2.38. The second-order valence-electron chi connectivity index (χ2n) is 10.5. The molecule has 1 amide bonds. The molecule has 220 valence electrons. The molecule has 1 saturated heterocycles. The van der Waals surface area contributed by atoms with Gasteiger partial charge in [0.25, 0.3) is 11.8 Å². The molecule has 3 aromatic rings. The Hall–Kier alpha value is -4.14. The second-order valence-corrected chi connectivity index (χ2v) is 10.5. The number of aliphatic hydroxyl groups excluding tert-OH is 1. The van der Waals surface area contributed by atoms with Crippen LogP contribution in [0.25, 0.3) is 11.3 Å². The predicted molar refractivity (Wildman–Crippen MR) is 144 cm³/mol. The molecule has 15 heteroatoms. The summed E-state index contributed by atoms with van der Waals surface area (Å²) in [6.07, 6.45) is 6.48. The smallest absolute Gasteiger partial charge is 0.321 e. The number of alkyl halides is 2. The fourth-order valence-corrected chi connectivity index (χ4v) is 4.39. The normalized spacial score (nSPS) is 19.0. The molecule has 13 nitrogen and oxygen atoms in total. The summed E-state index contributed by atoms with van der Waals surface area (Å²) in [6, 6.07) is 1.11. The number of pyridine rings is 1. The molecule has 5 rings (SSSR count). The van der Waals surface area contributed by atoms with E-state index < -0.39 is 23.8 Å². The van der Waals surface area contributed by atoms with Crippen LogP contribution in [0.2, 0.25) is 0 Å². The van der Waals surface area contributed by atoms with Crippen LogP contribution in [0, 0.1) is 11.8 Å². The number of piperidine rings is 1. The lowest BCUT2D eigenvalue weighted by molar-refractivity contribution is 0.0833. The molecule has 0 spiro atoms. The first-order chi connectivity index (χ1) is 19.6. The highest BCUT2D eigenvalue weighted by atomic mass is 19.3. The Balaban J connectivity index is 1.22. The molecule has 2 atom stereocenters. The molecule has 4 N–H and O–H groups in total. The number of imidazole rings is 1. The van der Waals surface area contributed by atoms with E-state index in [0.717, 1.165) is 24.1 Å². The molecule has 0 aromatic carbocycles. The van der Waals surface area contributed by atoms with Crippen LogP contribution in [-0.4, -0.2) is 85.4 Å². The number of anilines is 2. The number of nitrogens with two attached hydrogens (primary N) is 1. The van der Waals surface area contributed by atoms with E-state index >= 15 is 0 Å². The number of rotatable bonds is 11. The van der Waals surface area contributed by atoms with Crippen LogP contribution >= 0.6 is 0 Å². The molecule has 41 heavy (non-hydrogen) atoms. The lowest BCUT2D eigenvalue weighted by Gasteiger charge is -2.32. The number of amides is 1. The molecule has 1 saturated carbocycles. The van der Waals surface area contributed by atoms with Crippen molar-refractivity contribution in [1.29, 1.82) is 0 Å². The Labute approximate surface area is 235 Å². The van der Waals surface area contributed by atoms with Crippen LogP contribution in [0.5, 0.6) is 11.8 Å². The van der Waals surface area contributed by atoms with Gasteiger partial charge in [-0.05, 0) is 31.7 Å². The number of nitrogens with zero attached hydrogens (tertiary/aromatic N) is 7. The van der Waals surface area contributed by atoms with Crippen molar-refractivity contribution in [2.24, 2.45) is 18.9 Å². The van der Waals surface area contributed by atoms with E-state index in [0.29, 0.717) is 31.3 Å². The first-order valence-corrected chi connectivity index (χ1v) is 13.4. The first-order valence-electron chi connectivity index (χ1n) is 13.4. The van der Waals surface area contributed by atoms with Crippen LogP contribution < -0.4 is 25.4 Å². The van der Waals surface area contributed by atoms with Crippen molar-refractivity contribution in [2.45, 2.75) is 38.2 Å². The van der Waals surface area contributed by atoms with Gasteiger partial charge < -0.3 is 35.1 Å². The molecule has 0 unspecified atom stereocenters. The van der Waals surface area contributed by atoms with Gasteiger partial charge in [0, 0.05) is 50.6 Å². The van der Waals surface area contributed by atoms with Gasteiger partial charge in [0.15, 0.2) is 11.6 Å². The van der Waals surface area contributed by atoms with E-state index in [2.05, 4.69) is 30.2 Å². The zero-order valence-corrected chi connectivity index (χ0v) is 22.8. The lowest BCUT2D eigenvalue weighted by atomic mass is 9.98. The Morgan fingerprint density at radius 2 is 1.98 bits per heavy atom. The highest BCUT2D eigenvalue weighted by molar-refractivity contribution is 5.91. The maximum atomic E-state index is 13.3. The van der Waals surface area contributed by atoms with E-state index in [4.69, 9.17) is 15.2 Å². The summed E-state index contributed by atoms with van der Waals surface area (Å²) in [5.74, 6) is -3.28. The molecule has 0 bridgehead atoms. The highest BCUT2D eigenvalue weighted by Gasteiger charge is 2.57. The van der Waals surface area contributed by atoms with Gasteiger partial charge in [0.2, 0.25) is 11.8 Å². The monoisotopic (exact) mass is 573 g/mol. The molecule has 1 aliphatic heterocycles. The highest BCUT2D eigenvalue weighted by Crippen LogP contribution is 2.48. The van der Waals surface area contributed by atoms with Crippen LogP contribution in [-0.2, 0) is 7.05 Å². The van der Waals surface area contributed by atoms with Crippen LogP contribution in [0.1, 0.15) is 36.8 Å². The fourth-order valence-electron chi connectivity index (χ4n) is 4.39. The molecule has 2 fully saturated rings. The largest absolute Gasteiger partial charge is 0.489 e. The van der Waals surface area contributed by atoms with Gasteiger partial charge in [-0.15, -0.1) is 0 Å². The summed E-state index contributed by atoms with van der Waals surface area (Å²) < 4.78 is 40.0. The van der Waals surface area contributed by atoms with Gasteiger partial charge in [-0.1, -0.05) is 0 Å². The maximum absolute atomic E-state index is 13.3. The number of aliphatic hydroxyl groups is 1. The zero-order valence-electron chi connectivity index (χ0n) is 22.8. The van der Waals surface area contributed by atoms with Crippen LogP contribution in [0.3, 0.4) is 0 Å². The number of nitrogen functional groups attached to an aromatic ring is 1. The average molecular weight is 574 g/mol. The third kappa shape index (κ3) is 6.96. The third-order valence-corrected chi connectivity index (χ3v) is 7.08. The zero-order chi connectivity index (χ0) is 29.1. The summed E-state index contributed by atoms with van der Waals surface area (Å²) in [4.78, 5) is 35.8. The van der Waals surface area contributed by atoms with E-state index in [1.807, 2.05) is 28.8 Å². The van der Waals surface area contributed by atoms with Crippen molar-refractivity contribution in [3.05, 3.63) is 30.6 Å².